The lowest BCUT2D eigenvalue weighted by Crippen LogP contribution is -2.50. The van der Waals surface area contributed by atoms with E-state index in [1.807, 2.05) is 19.2 Å². The van der Waals surface area contributed by atoms with E-state index in [0.29, 0.717) is 12.1 Å². The van der Waals surface area contributed by atoms with E-state index in [1.54, 1.807) is 12.1 Å². The minimum absolute atomic E-state index is 0.121. The summed E-state index contributed by atoms with van der Waals surface area (Å²) in [6.45, 7) is 12.6. The molecule has 0 spiro atoms. The molecule has 1 aromatic carbocycles. The van der Waals surface area contributed by atoms with Crippen LogP contribution in [0.4, 0.5) is 10.1 Å². The van der Waals surface area contributed by atoms with Gasteiger partial charge >= 0.3 is 0 Å². The Morgan fingerprint density at radius 1 is 1.10 bits per heavy atom. The van der Waals surface area contributed by atoms with Crippen molar-refractivity contribution in [3.8, 4) is 0 Å². The highest BCUT2D eigenvalue weighted by Crippen LogP contribution is 2.20. The van der Waals surface area contributed by atoms with Crippen molar-refractivity contribution in [1.82, 2.24) is 20.4 Å². The summed E-state index contributed by atoms with van der Waals surface area (Å²) in [7, 11) is 1.85. The number of piperazine rings is 1. The van der Waals surface area contributed by atoms with Gasteiger partial charge in [0.2, 0.25) is 0 Å². The number of likely N-dealkylation sites (tertiary alicyclic amines) is 1. The van der Waals surface area contributed by atoms with Gasteiger partial charge in [0.15, 0.2) is 5.96 Å². The molecule has 0 amide bonds. The first kappa shape index (κ1) is 22.8. The highest BCUT2D eigenvalue weighted by Gasteiger charge is 2.21. The fourth-order valence-corrected chi connectivity index (χ4v) is 4.38. The van der Waals surface area contributed by atoms with E-state index in [2.05, 4.69) is 44.2 Å². The summed E-state index contributed by atoms with van der Waals surface area (Å²) in [4.78, 5) is 11.6. The van der Waals surface area contributed by atoms with Crippen LogP contribution in [0.25, 0.3) is 0 Å². The summed E-state index contributed by atoms with van der Waals surface area (Å²) in [6.07, 6.45) is 3.42. The molecule has 0 aromatic heterocycles. The van der Waals surface area contributed by atoms with Crippen molar-refractivity contribution in [3.63, 3.8) is 0 Å². The van der Waals surface area contributed by atoms with Gasteiger partial charge in [0, 0.05) is 64.9 Å². The standard InChI is InChI=1S/C23H39FN6/c1-19(2)29-13-9-20(10-14-29)27-23(25-3)26-11-6-12-28-15-17-30(18-16-28)22-8-5-4-7-21(22)24/h4-5,7-8,19-20H,6,9-18H2,1-3H3,(H2,25,26,27). The zero-order valence-corrected chi connectivity index (χ0v) is 18.9. The van der Waals surface area contributed by atoms with Crippen molar-refractivity contribution in [3.05, 3.63) is 30.1 Å². The molecule has 7 heteroatoms. The number of nitrogens with zero attached hydrogens (tertiary/aromatic N) is 4. The second-order valence-corrected chi connectivity index (χ2v) is 8.68. The molecule has 2 aliphatic rings. The number of aliphatic imine (C=N–C) groups is 1. The van der Waals surface area contributed by atoms with Crippen molar-refractivity contribution < 1.29 is 4.39 Å². The molecule has 6 nitrogen and oxygen atoms in total. The second kappa shape index (κ2) is 11.5. The quantitative estimate of drug-likeness (QED) is 0.404. The highest BCUT2D eigenvalue weighted by molar-refractivity contribution is 5.79. The van der Waals surface area contributed by atoms with Crippen molar-refractivity contribution in [2.75, 3.05) is 64.3 Å². The van der Waals surface area contributed by atoms with Gasteiger partial charge in [0.25, 0.3) is 0 Å². The Morgan fingerprint density at radius 3 is 2.43 bits per heavy atom. The molecule has 2 saturated heterocycles. The number of nitrogens with one attached hydrogen (secondary N) is 2. The van der Waals surface area contributed by atoms with Crippen LogP contribution < -0.4 is 15.5 Å². The van der Waals surface area contributed by atoms with Crippen LogP contribution >= 0.6 is 0 Å². The number of guanidine groups is 1. The maximum atomic E-state index is 14.0. The molecular weight excluding hydrogens is 379 g/mol. The molecule has 3 rings (SSSR count). The van der Waals surface area contributed by atoms with E-state index >= 15 is 0 Å². The summed E-state index contributed by atoms with van der Waals surface area (Å²) in [5.74, 6) is 0.797. The number of benzene rings is 1. The molecule has 2 fully saturated rings. The molecule has 0 unspecified atom stereocenters. The third-order valence-electron chi connectivity index (χ3n) is 6.33. The fraction of sp³-hybridized carbons (Fsp3) is 0.696. The molecule has 30 heavy (non-hydrogen) atoms. The Bertz CT molecular complexity index is 663. The minimum atomic E-state index is -0.121. The molecule has 0 saturated carbocycles. The van der Waals surface area contributed by atoms with Gasteiger partial charge in [-0.2, -0.15) is 0 Å². The third-order valence-corrected chi connectivity index (χ3v) is 6.33. The molecule has 0 radical (unpaired) electrons. The number of hydrogen-bond donors (Lipinski definition) is 2. The average molecular weight is 419 g/mol. The number of anilines is 1. The number of piperidine rings is 1. The Kier molecular flexibility index (Phi) is 8.75. The van der Waals surface area contributed by atoms with Crippen molar-refractivity contribution in [2.45, 2.75) is 45.2 Å². The van der Waals surface area contributed by atoms with E-state index < -0.39 is 0 Å². The number of rotatable bonds is 7. The molecule has 0 aliphatic carbocycles. The van der Waals surface area contributed by atoms with Gasteiger partial charge in [-0.3, -0.25) is 9.89 Å². The molecule has 168 valence electrons. The first-order chi connectivity index (χ1) is 14.6. The topological polar surface area (TPSA) is 46.1 Å². The summed E-state index contributed by atoms with van der Waals surface area (Å²) in [6, 6.07) is 8.22. The molecule has 1 aromatic rings. The van der Waals surface area contributed by atoms with Gasteiger partial charge in [-0.15, -0.1) is 0 Å². The van der Waals surface area contributed by atoms with Gasteiger partial charge in [-0.25, -0.2) is 4.39 Å². The van der Waals surface area contributed by atoms with Crippen LogP contribution in [0.5, 0.6) is 0 Å². The van der Waals surface area contributed by atoms with E-state index in [4.69, 9.17) is 0 Å². The van der Waals surface area contributed by atoms with Crippen LogP contribution in [-0.2, 0) is 0 Å². The smallest absolute Gasteiger partial charge is 0.191 e. The molecular formula is C23H39FN6. The van der Waals surface area contributed by atoms with Crippen molar-refractivity contribution in [1.29, 1.82) is 0 Å². The van der Waals surface area contributed by atoms with E-state index in [1.165, 1.54) is 12.8 Å². The van der Waals surface area contributed by atoms with Crippen LogP contribution in [0.1, 0.15) is 33.1 Å². The number of hydrogen-bond acceptors (Lipinski definition) is 4. The summed E-state index contributed by atoms with van der Waals surface area (Å²) in [5, 5.41) is 7.06. The molecule has 2 aliphatic heterocycles. The number of para-hydroxylation sites is 1. The van der Waals surface area contributed by atoms with Crippen LogP contribution in [0.3, 0.4) is 0 Å². The predicted molar refractivity (Wildman–Crippen MR) is 124 cm³/mol. The molecule has 0 bridgehead atoms. The zero-order chi connectivity index (χ0) is 21.3. The molecule has 0 atom stereocenters. The minimum Gasteiger partial charge on any atom is -0.367 e. The van der Waals surface area contributed by atoms with Crippen LogP contribution in [0, 0.1) is 5.82 Å². The first-order valence-corrected chi connectivity index (χ1v) is 11.5. The first-order valence-electron chi connectivity index (χ1n) is 11.5. The predicted octanol–water partition coefficient (Wildman–Crippen LogP) is 2.38. The van der Waals surface area contributed by atoms with Crippen molar-refractivity contribution in [2.24, 2.45) is 4.99 Å². The lowest BCUT2D eigenvalue weighted by atomic mass is 10.0. The van der Waals surface area contributed by atoms with E-state index in [9.17, 15) is 4.39 Å². The summed E-state index contributed by atoms with van der Waals surface area (Å²) >= 11 is 0. The van der Waals surface area contributed by atoms with Gasteiger partial charge in [-0.05, 0) is 51.8 Å². The lowest BCUT2D eigenvalue weighted by Gasteiger charge is -2.36. The van der Waals surface area contributed by atoms with Crippen molar-refractivity contribution >= 4 is 11.6 Å². The maximum Gasteiger partial charge on any atom is 0.191 e. The largest absolute Gasteiger partial charge is 0.367 e. The number of halogens is 1. The Balaban J connectivity index is 1.30. The fourth-order valence-electron chi connectivity index (χ4n) is 4.38. The maximum absolute atomic E-state index is 14.0. The van der Waals surface area contributed by atoms with Crippen LogP contribution in [0.2, 0.25) is 0 Å². The normalized spacial score (nSPS) is 20.0. The van der Waals surface area contributed by atoms with Gasteiger partial charge in [-0.1, -0.05) is 12.1 Å². The monoisotopic (exact) mass is 418 g/mol. The van der Waals surface area contributed by atoms with Crippen LogP contribution in [-0.4, -0.2) is 87.2 Å². The zero-order valence-electron chi connectivity index (χ0n) is 18.9. The SMILES string of the molecule is CN=C(NCCCN1CCN(c2ccccc2F)CC1)NC1CCN(C(C)C)CC1. The third kappa shape index (κ3) is 6.57. The van der Waals surface area contributed by atoms with Gasteiger partial charge < -0.3 is 20.4 Å². The lowest BCUT2D eigenvalue weighted by molar-refractivity contribution is 0.167. The summed E-state index contributed by atoms with van der Waals surface area (Å²) in [5.41, 5.74) is 0.730. The Labute approximate surface area is 181 Å². The van der Waals surface area contributed by atoms with Crippen LogP contribution in [0.15, 0.2) is 29.3 Å². The molecule has 2 heterocycles. The molecule has 2 N–H and O–H groups in total. The van der Waals surface area contributed by atoms with Gasteiger partial charge in [0.1, 0.15) is 5.82 Å². The van der Waals surface area contributed by atoms with E-state index in [-0.39, 0.29) is 5.82 Å². The Morgan fingerprint density at radius 2 is 1.80 bits per heavy atom. The summed E-state index contributed by atoms with van der Waals surface area (Å²) < 4.78 is 14.0. The van der Waals surface area contributed by atoms with Gasteiger partial charge in [0.05, 0.1) is 5.69 Å². The second-order valence-electron chi connectivity index (χ2n) is 8.68. The average Bonchev–Trinajstić information content (AvgIpc) is 2.77. The highest BCUT2D eigenvalue weighted by atomic mass is 19.1. The van der Waals surface area contributed by atoms with E-state index in [0.717, 1.165) is 70.4 Å². The Hall–Kier alpha value is -1.86.